The van der Waals surface area contributed by atoms with Gasteiger partial charge >= 0.3 is 5.69 Å². The van der Waals surface area contributed by atoms with E-state index in [1.54, 1.807) is 11.9 Å². The average Bonchev–Trinajstić information content (AvgIpc) is 2.27. The monoisotopic (exact) mass is 238 g/mol. The van der Waals surface area contributed by atoms with Gasteiger partial charge in [0.2, 0.25) is 5.82 Å². The second-order valence-corrected chi connectivity index (χ2v) is 4.08. The van der Waals surface area contributed by atoms with Gasteiger partial charge in [-0.2, -0.15) is 0 Å². The van der Waals surface area contributed by atoms with E-state index in [1.807, 2.05) is 6.92 Å². The molecule has 0 aliphatic carbocycles. The van der Waals surface area contributed by atoms with Crippen molar-refractivity contribution >= 4 is 17.3 Å². The highest BCUT2D eigenvalue weighted by Crippen LogP contribution is 2.27. The Labute approximate surface area is 101 Å². The summed E-state index contributed by atoms with van der Waals surface area (Å²) in [5.74, 6) is 0.622. The molecule has 6 nitrogen and oxygen atoms in total. The van der Waals surface area contributed by atoms with Crippen molar-refractivity contribution in [2.75, 3.05) is 17.7 Å². The molecule has 0 fully saturated rings. The quantitative estimate of drug-likeness (QED) is 0.627. The third-order valence-electron chi connectivity index (χ3n) is 2.77. The van der Waals surface area contributed by atoms with Crippen LogP contribution in [0.1, 0.15) is 26.7 Å². The first-order valence-corrected chi connectivity index (χ1v) is 5.61. The Morgan fingerprint density at radius 1 is 1.59 bits per heavy atom. The van der Waals surface area contributed by atoms with Crippen molar-refractivity contribution in [1.29, 1.82) is 0 Å². The number of pyridine rings is 1. The van der Waals surface area contributed by atoms with E-state index in [-0.39, 0.29) is 11.7 Å². The van der Waals surface area contributed by atoms with Crippen molar-refractivity contribution in [3.05, 3.63) is 22.2 Å². The normalized spacial score (nSPS) is 12.2. The number of nitro groups is 1. The molecule has 0 aliphatic rings. The van der Waals surface area contributed by atoms with Gasteiger partial charge in [0, 0.05) is 19.2 Å². The van der Waals surface area contributed by atoms with Crippen LogP contribution < -0.4 is 10.6 Å². The molecule has 1 heterocycles. The van der Waals surface area contributed by atoms with E-state index in [0.717, 1.165) is 12.8 Å². The van der Waals surface area contributed by atoms with Crippen LogP contribution in [0, 0.1) is 10.1 Å². The fourth-order valence-corrected chi connectivity index (χ4v) is 1.68. The van der Waals surface area contributed by atoms with E-state index in [9.17, 15) is 10.1 Å². The van der Waals surface area contributed by atoms with Gasteiger partial charge in [-0.15, -0.1) is 0 Å². The summed E-state index contributed by atoms with van der Waals surface area (Å²) >= 11 is 0. The Hall–Kier alpha value is -1.85. The van der Waals surface area contributed by atoms with Gasteiger partial charge in [-0.25, -0.2) is 4.98 Å². The first kappa shape index (κ1) is 13.2. The second kappa shape index (κ2) is 5.47. The molecule has 6 heteroatoms. The lowest BCUT2D eigenvalue weighted by Crippen LogP contribution is -2.30. The molecule has 0 saturated carbocycles. The summed E-state index contributed by atoms with van der Waals surface area (Å²) in [6, 6.07) is 3.03. The van der Waals surface area contributed by atoms with Crippen LogP contribution in [-0.2, 0) is 0 Å². The lowest BCUT2D eigenvalue weighted by Gasteiger charge is -2.25. The van der Waals surface area contributed by atoms with E-state index in [1.165, 1.54) is 12.1 Å². The molecule has 0 radical (unpaired) electrons. The molecule has 94 valence electrons. The molecule has 1 rings (SSSR count). The molecule has 0 spiro atoms. The van der Waals surface area contributed by atoms with Crippen LogP contribution in [0.15, 0.2) is 12.1 Å². The van der Waals surface area contributed by atoms with Crippen molar-refractivity contribution in [1.82, 2.24) is 4.98 Å². The summed E-state index contributed by atoms with van der Waals surface area (Å²) < 4.78 is 0. The van der Waals surface area contributed by atoms with Gasteiger partial charge in [-0.3, -0.25) is 10.1 Å². The predicted molar refractivity (Wildman–Crippen MR) is 68.1 cm³/mol. The molecule has 1 aromatic heterocycles. The number of anilines is 2. The number of hydrogen-bond donors (Lipinski definition) is 1. The van der Waals surface area contributed by atoms with Gasteiger partial charge in [-0.1, -0.05) is 13.3 Å². The molecule has 1 aromatic rings. The Kier molecular flexibility index (Phi) is 4.25. The number of hydrogen-bond acceptors (Lipinski definition) is 5. The molecule has 0 bridgehead atoms. The SMILES string of the molecule is CCCC(C)N(C)c1nc(N)ccc1[N+](=O)[O-]. The number of nitrogens with two attached hydrogens (primary N) is 1. The van der Waals surface area contributed by atoms with Gasteiger partial charge in [0.05, 0.1) is 4.92 Å². The standard InChI is InChI=1S/C11H18N4O2/c1-4-5-8(2)14(3)11-9(15(16)17)6-7-10(12)13-11/h6-8H,4-5H2,1-3H3,(H2,12,13). The van der Waals surface area contributed by atoms with E-state index in [2.05, 4.69) is 11.9 Å². The zero-order valence-electron chi connectivity index (χ0n) is 10.4. The highest BCUT2D eigenvalue weighted by molar-refractivity contribution is 5.61. The minimum atomic E-state index is -0.434. The number of nitrogens with zero attached hydrogens (tertiary/aromatic N) is 3. The third-order valence-corrected chi connectivity index (χ3v) is 2.77. The van der Waals surface area contributed by atoms with Crippen LogP contribution in [0.2, 0.25) is 0 Å². The first-order chi connectivity index (χ1) is 7.97. The van der Waals surface area contributed by atoms with E-state index >= 15 is 0 Å². The molecule has 0 aromatic carbocycles. The highest BCUT2D eigenvalue weighted by Gasteiger charge is 2.21. The zero-order valence-corrected chi connectivity index (χ0v) is 10.4. The van der Waals surface area contributed by atoms with Crippen LogP contribution in [-0.4, -0.2) is 23.0 Å². The summed E-state index contributed by atoms with van der Waals surface area (Å²) in [5.41, 5.74) is 5.57. The largest absolute Gasteiger partial charge is 0.384 e. The number of rotatable bonds is 5. The van der Waals surface area contributed by atoms with Crippen molar-refractivity contribution in [2.45, 2.75) is 32.7 Å². The fraction of sp³-hybridized carbons (Fsp3) is 0.545. The van der Waals surface area contributed by atoms with Crippen LogP contribution in [0.5, 0.6) is 0 Å². The Morgan fingerprint density at radius 3 is 2.76 bits per heavy atom. The smallest absolute Gasteiger partial charge is 0.311 e. The maximum atomic E-state index is 10.9. The molecular weight excluding hydrogens is 220 g/mol. The number of aromatic nitrogens is 1. The molecule has 0 saturated heterocycles. The molecular formula is C11H18N4O2. The van der Waals surface area contributed by atoms with Crippen LogP contribution in [0.3, 0.4) is 0 Å². The van der Waals surface area contributed by atoms with E-state index < -0.39 is 4.92 Å². The molecule has 1 atom stereocenters. The average molecular weight is 238 g/mol. The Morgan fingerprint density at radius 2 is 2.24 bits per heavy atom. The van der Waals surface area contributed by atoms with Crippen molar-refractivity contribution in [3.8, 4) is 0 Å². The van der Waals surface area contributed by atoms with E-state index in [0.29, 0.717) is 11.6 Å². The summed E-state index contributed by atoms with van der Waals surface area (Å²) in [4.78, 5) is 16.3. The van der Waals surface area contributed by atoms with Gasteiger partial charge in [0.25, 0.3) is 0 Å². The van der Waals surface area contributed by atoms with Gasteiger partial charge in [-0.05, 0) is 19.4 Å². The van der Waals surface area contributed by atoms with Gasteiger partial charge in [0.1, 0.15) is 5.82 Å². The molecule has 0 amide bonds. The van der Waals surface area contributed by atoms with Gasteiger partial charge in [0.15, 0.2) is 0 Å². The molecule has 0 aliphatic heterocycles. The lowest BCUT2D eigenvalue weighted by molar-refractivity contribution is -0.384. The Balaban J connectivity index is 3.10. The van der Waals surface area contributed by atoms with Crippen molar-refractivity contribution < 1.29 is 4.92 Å². The molecule has 17 heavy (non-hydrogen) atoms. The third kappa shape index (κ3) is 3.05. The van der Waals surface area contributed by atoms with Crippen LogP contribution in [0.25, 0.3) is 0 Å². The fourth-order valence-electron chi connectivity index (χ4n) is 1.68. The highest BCUT2D eigenvalue weighted by atomic mass is 16.6. The minimum absolute atomic E-state index is 0.00958. The number of nitrogen functional groups attached to an aromatic ring is 1. The van der Waals surface area contributed by atoms with Crippen LogP contribution in [0.4, 0.5) is 17.3 Å². The topological polar surface area (TPSA) is 85.3 Å². The summed E-state index contributed by atoms with van der Waals surface area (Å²) in [6.07, 6.45) is 1.96. The predicted octanol–water partition coefficient (Wildman–Crippen LogP) is 2.20. The minimum Gasteiger partial charge on any atom is -0.384 e. The van der Waals surface area contributed by atoms with Gasteiger partial charge < -0.3 is 10.6 Å². The van der Waals surface area contributed by atoms with Crippen LogP contribution >= 0.6 is 0 Å². The molecule has 2 N–H and O–H groups in total. The maximum absolute atomic E-state index is 10.9. The summed E-state index contributed by atoms with van der Waals surface area (Å²) in [7, 11) is 1.80. The second-order valence-electron chi connectivity index (χ2n) is 4.08. The summed E-state index contributed by atoms with van der Waals surface area (Å²) in [6.45, 7) is 4.09. The Bertz CT molecular complexity index is 408. The summed E-state index contributed by atoms with van der Waals surface area (Å²) in [5, 5.41) is 10.9. The first-order valence-electron chi connectivity index (χ1n) is 5.61. The molecule has 1 unspecified atom stereocenters. The van der Waals surface area contributed by atoms with Crippen molar-refractivity contribution in [3.63, 3.8) is 0 Å². The zero-order chi connectivity index (χ0) is 13.0. The maximum Gasteiger partial charge on any atom is 0.311 e. The van der Waals surface area contributed by atoms with Crippen molar-refractivity contribution in [2.24, 2.45) is 0 Å². The van der Waals surface area contributed by atoms with E-state index in [4.69, 9.17) is 5.73 Å². The lowest BCUT2D eigenvalue weighted by atomic mass is 10.1.